The van der Waals surface area contributed by atoms with E-state index in [0.717, 1.165) is 18.9 Å². The molecule has 1 unspecified atom stereocenters. The lowest BCUT2D eigenvalue weighted by Crippen LogP contribution is -2.43. The van der Waals surface area contributed by atoms with Crippen LogP contribution >= 0.6 is 0 Å². The molecule has 2 rings (SSSR count). The summed E-state index contributed by atoms with van der Waals surface area (Å²) >= 11 is 0. The van der Waals surface area contributed by atoms with Gasteiger partial charge in [-0.05, 0) is 52.0 Å². The van der Waals surface area contributed by atoms with Crippen LogP contribution in [0.25, 0.3) is 0 Å². The molecule has 1 saturated carbocycles. The number of hydrogen-bond donors (Lipinski definition) is 1. The van der Waals surface area contributed by atoms with E-state index in [0.29, 0.717) is 6.04 Å². The van der Waals surface area contributed by atoms with Crippen LogP contribution in [0.2, 0.25) is 0 Å². The maximum Gasteiger partial charge on any atom is 0.0641 e. The Hall–Kier alpha value is -0.0800. The Kier molecular flexibility index (Phi) is 3.68. The molecule has 1 aliphatic heterocycles. The first-order valence-electron chi connectivity index (χ1n) is 6.53. The zero-order valence-corrected chi connectivity index (χ0v) is 10.2. The number of nitrogens with one attached hydrogen (secondary N) is 1. The molecular formula is C13H25NO. The van der Waals surface area contributed by atoms with Crippen molar-refractivity contribution in [3.8, 4) is 0 Å². The maximum atomic E-state index is 5.71. The van der Waals surface area contributed by atoms with Crippen molar-refractivity contribution in [1.82, 2.24) is 5.32 Å². The summed E-state index contributed by atoms with van der Waals surface area (Å²) in [5, 5.41) is 3.68. The van der Waals surface area contributed by atoms with Crippen LogP contribution in [0.3, 0.4) is 0 Å². The fourth-order valence-electron chi connectivity index (χ4n) is 2.51. The van der Waals surface area contributed by atoms with E-state index in [1.54, 1.807) is 0 Å². The number of rotatable bonds is 5. The van der Waals surface area contributed by atoms with Gasteiger partial charge in [-0.25, -0.2) is 0 Å². The van der Waals surface area contributed by atoms with Crippen LogP contribution < -0.4 is 5.32 Å². The zero-order valence-electron chi connectivity index (χ0n) is 10.2. The number of ether oxygens (including phenoxy) is 1. The first-order chi connectivity index (χ1) is 7.16. The van der Waals surface area contributed by atoms with Gasteiger partial charge >= 0.3 is 0 Å². The third-order valence-electron chi connectivity index (χ3n) is 3.62. The van der Waals surface area contributed by atoms with Crippen LogP contribution in [0, 0.1) is 5.92 Å². The highest BCUT2D eigenvalue weighted by Crippen LogP contribution is 2.33. The second-order valence-corrected chi connectivity index (χ2v) is 5.84. The smallest absolute Gasteiger partial charge is 0.0641 e. The van der Waals surface area contributed by atoms with Crippen molar-refractivity contribution in [2.24, 2.45) is 5.92 Å². The van der Waals surface area contributed by atoms with Gasteiger partial charge in [0.15, 0.2) is 0 Å². The molecule has 1 atom stereocenters. The Morgan fingerprint density at radius 2 is 2.07 bits per heavy atom. The highest BCUT2D eigenvalue weighted by molar-refractivity contribution is 4.83. The molecule has 0 amide bonds. The van der Waals surface area contributed by atoms with Crippen molar-refractivity contribution in [3.63, 3.8) is 0 Å². The molecule has 1 heterocycles. The molecular weight excluding hydrogens is 186 g/mol. The topological polar surface area (TPSA) is 21.3 Å². The Morgan fingerprint density at radius 3 is 2.73 bits per heavy atom. The van der Waals surface area contributed by atoms with Crippen LogP contribution in [0.15, 0.2) is 0 Å². The summed E-state index contributed by atoms with van der Waals surface area (Å²) in [6.07, 6.45) is 8.14. The van der Waals surface area contributed by atoms with Gasteiger partial charge in [-0.15, -0.1) is 0 Å². The fourth-order valence-corrected chi connectivity index (χ4v) is 2.51. The van der Waals surface area contributed by atoms with Crippen LogP contribution in [0.5, 0.6) is 0 Å². The Labute approximate surface area is 93.8 Å². The van der Waals surface area contributed by atoms with Crippen LogP contribution in [-0.4, -0.2) is 24.8 Å². The summed E-state index contributed by atoms with van der Waals surface area (Å²) in [6, 6.07) is 0.688. The quantitative estimate of drug-likeness (QED) is 0.706. The van der Waals surface area contributed by atoms with Gasteiger partial charge in [-0.1, -0.05) is 12.8 Å². The van der Waals surface area contributed by atoms with Gasteiger partial charge in [0, 0.05) is 12.6 Å². The van der Waals surface area contributed by atoms with E-state index >= 15 is 0 Å². The van der Waals surface area contributed by atoms with E-state index < -0.39 is 0 Å². The summed E-state index contributed by atoms with van der Waals surface area (Å²) in [6.45, 7) is 6.53. The predicted molar refractivity (Wildman–Crippen MR) is 63.0 cm³/mol. The first kappa shape index (κ1) is 11.4. The summed E-state index contributed by atoms with van der Waals surface area (Å²) in [4.78, 5) is 0. The van der Waals surface area contributed by atoms with Gasteiger partial charge in [-0.3, -0.25) is 0 Å². The maximum absolute atomic E-state index is 5.71. The minimum atomic E-state index is 0.0897. The van der Waals surface area contributed by atoms with Gasteiger partial charge < -0.3 is 10.1 Å². The average Bonchev–Trinajstić information content (AvgIpc) is 2.94. The van der Waals surface area contributed by atoms with Crippen molar-refractivity contribution < 1.29 is 4.74 Å². The van der Waals surface area contributed by atoms with Gasteiger partial charge in [0.2, 0.25) is 0 Å². The molecule has 1 saturated heterocycles. The van der Waals surface area contributed by atoms with Crippen LogP contribution in [0.4, 0.5) is 0 Å². The largest absolute Gasteiger partial charge is 0.375 e. The first-order valence-corrected chi connectivity index (χ1v) is 6.53. The highest BCUT2D eigenvalue weighted by atomic mass is 16.5. The fraction of sp³-hybridized carbons (Fsp3) is 1.00. The average molecular weight is 211 g/mol. The summed E-state index contributed by atoms with van der Waals surface area (Å²) in [7, 11) is 0. The van der Waals surface area contributed by atoms with E-state index in [2.05, 4.69) is 19.2 Å². The summed E-state index contributed by atoms with van der Waals surface area (Å²) in [5.74, 6) is 1.08. The summed E-state index contributed by atoms with van der Waals surface area (Å²) in [5.41, 5.74) is 0.0897. The molecule has 15 heavy (non-hydrogen) atoms. The molecule has 1 aliphatic carbocycles. The molecule has 1 N–H and O–H groups in total. The zero-order chi connectivity index (χ0) is 10.7. The minimum Gasteiger partial charge on any atom is -0.375 e. The monoisotopic (exact) mass is 211 g/mol. The van der Waals surface area contributed by atoms with Crippen molar-refractivity contribution in [3.05, 3.63) is 0 Å². The van der Waals surface area contributed by atoms with Gasteiger partial charge in [0.25, 0.3) is 0 Å². The Bertz CT molecular complexity index is 199. The molecule has 2 fully saturated rings. The molecule has 0 radical (unpaired) electrons. The molecule has 0 aromatic heterocycles. The second kappa shape index (κ2) is 4.84. The minimum absolute atomic E-state index is 0.0897. The molecule has 0 bridgehead atoms. The molecule has 2 heteroatoms. The second-order valence-electron chi connectivity index (χ2n) is 5.84. The van der Waals surface area contributed by atoms with Gasteiger partial charge in [0.05, 0.1) is 5.60 Å². The molecule has 0 spiro atoms. The normalized spacial score (nSPS) is 30.4. The summed E-state index contributed by atoms with van der Waals surface area (Å²) < 4.78 is 5.71. The SMILES string of the molecule is CC1(C)CC(NCCCC2CC2)CCO1. The van der Waals surface area contributed by atoms with E-state index in [-0.39, 0.29) is 5.60 Å². The third kappa shape index (κ3) is 4.12. The van der Waals surface area contributed by atoms with E-state index in [1.807, 2.05) is 0 Å². The van der Waals surface area contributed by atoms with Gasteiger partial charge in [0.1, 0.15) is 0 Å². The third-order valence-corrected chi connectivity index (χ3v) is 3.62. The Morgan fingerprint density at radius 1 is 1.27 bits per heavy atom. The lowest BCUT2D eigenvalue weighted by molar-refractivity contribution is -0.0628. The highest BCUT2D eigenvalue weighted by Gasteiger charge is 2.28. The molecule has 2 aliphatic rings. The van der Waals surface area contributed by atoms with E-state index in [9.17, 15) is 0 Å². The standard InChI is InChI=1S/C13H25NO/c1-13(2)10-12(7-9-15-13)14-8-3-4-11-5-6-11/h11-12,14H,3-10H2,1-2H3. The van der Waals surface area contributed by atoms with Crippen molar-refractivity contribution in [2.75, 3.05) is 13.2 Å². The van der Waals surface area contributed by atoms with Crippen molar-refractivity contribution in [1.29, 1.82) is 0 Å². The van der Waals surface area contributed by atoms with Gasteiger partial charge in [-0.2, -0.15) is 0 Å². The van der Waals surface area contributed by atoms with Crippen molar-refractivity contribution in [2.45, 2.75) is 64.0 Å². The molecule has 2 nitrogen and oxygen atoms in total. The lowest BCUT2D eigenvalue weighted by atomic mass is 9.94. The number of hydrogen-bond acceptors (Lipinski definition) is 2. The molecule has 88 valence electrons. The van der Waals surface area contributed by atoms with Crippen molar-refractivity contribution >= 4 is 0 Å². The predicted octanol–water partition coefficient (Wildman–Crippen LogP) is 2.72. The van der Waals surface area contributed by atoms with E-state index in [4.69, 9.17) is 4.74 Å². The molecule has 0 aromatic rings. The molecule has 0 aromatic carbocycles. The van der Waals surface area contributed by atoms with E-state index in [1.165, 1.54) is 38.6 Å². The van der Waals surface area contributed by atoms with Crippen LogP contribution in [-0.2, 0) is 4.74 Å². The Balaban J connectivity index is 1.57. The lowest BCUT2D eigenvalue weighted by Gasteiger charge is -2.36. The van der Waals surface area contributed by atoms with Crippen LogP contribution in [0.1, 0.15) is 52.4 Å².